The maximum Gasteiger partial charge on any atom is 0.319 e. The lowest BCUT2D eigenvalue weighted by atomic mass is 10.2. The number of nitrogens with zero attached hydrogens (tertiary/aromatic N) is 1. The number of aliphatic carboxylic acids is 1. The van der Waals surface area contributed by atoms with Crippen LogP contribution in [0.4, 0.5) is 0 Å². The topological polar surface area (TPSA) is 63.6 Å². The van der Waals surface area contributed by atoms with Crippen molar-refractivity contribution in [3.8, 4) is 0 Å². The van der Waals surface area contributed by atoms with Crippen LogP contribution in [0.1, 0.15) is 19.8 Å². The molecule has 2 unspecified atom stereocenters. The van der Waals surface area contributed by atoms with Gasteiger partial charge in [0.05, 0.1) is 32.8 Å². The smallest absolute Gasteiger partial charge is 0.319 e. The number of carboxylic acids is 1. The highest BCUT2D eigenvalue weighted by Crippen LogP contribution is 2.10. The Kier molecular flexibility index (Phi) is 6.56. The molecule has 0 aromatic carbocycles. The molecule has 0 radical (unpaired) electrons. The molecule has 17 heavy (non-hydrogen) atoms. The highest BCUT2D eigenvalue weighted by Gasteiger charge is 2.26. The van der Waals surface area contributed by atoms with E-state index >= 15 is 0 Å². The number of likely N-dealkylation sites (N-methyl/N-ethyl adjacent to an activating group) is 1. The first-order valence-electron chi connectivity index (χ1n) is 5.56. The van der Waals surface area contributed by atoms with Gasteiger partial charge in [-0.15, -0.1) is 0 Å². The third-order valence-corrected chi connectivity index (χ3v) is 2.67. The molecule has 0 saturated heterocycles. The van der Waals surface area contributed by atoms with Crippen molar-refractivity contribution >= 4 is 24.6 Å². The zero-order valence-electron chi connectivity index (χ0n) is 10.8. The van der Waals surface area contributed by atoms with Crippen LogP contribution in [0.5, 0.6) is 0 Å². The minimum absolute atomic E-state index is 0.175. The molecule has 0 heterocycles. The Morgan fingerprint density at radius 1 is 1.35 bits per heavy atom. The van der Waals surface area contributed by atoms with Crippen molar-refractivity contribution in [2.75, 3.05) is 27.7 Å². The van der Waals surface area contributed by atoms with E-state index < -0.39 is 23.3 Å². The molecule has 0 aromatic rings. The third kappa shape index (κ3) is 8.04. The number of ether oxygens (including phenoxy) is 1. The van der Waals surface area contributed by atoms with Crippen LogP contribution in [-0.4, -0.2) is 60.6 Å². The molecule has 0 aliphatic carbocycles. The van der Waals surface area contributed by atoms with Crippen LogP contribution in [0, 0.1) is 0 Å². The maximum atomic E-state index is 11.6. The number of carbonyl (C=O) groups excluding carboxylic acids is 1. The molecule has 0 bridgehead atoms. The lowest BCUT2D eigenvalue weighted by Crippen LogP contribution is -2.44. The van der Waals surface area contributed by atoms with E-state index in [-0.39, 0.29) is 6.42 Å². The predicted molar refractivity (Wildman–Crippen MR) is 68.1 cm³/mol. The van der Waals surface area contributed by atoms with E-state index in [1.807, 2.05) is 28.1 Å². The summed E-state index contributed by atoms with van der Waals surface area (Å²) in [5, 5.41) is 8.28. The Bertz CT molecular complexity index is 275. The molecule has 0 fully saturated rings. The van der Waals surface area contributed by atoms with Gasteiger partial charge in [-0.1, -0.05) is 6.92 Å². The summed E-state index contributed by atoms with van der Waals surface area (Å²) in [5.74, 6) is -1.42. The van der Waals surface area contributed by atoms with Crippen molar-refractivity contribution in [1.29, 1.82) is 0 Å². The van der Waals surface area contributed by atoms with Crippen molar-refractivity contribution < 1.29 is 23.9 Å². The highest BCUT2D eigenvalue weighted by atomic mass is 32.1. The van der Waals surface area contributed by atoms with Crippen molar-refractivity contribution in [1.82, 2.24) is 0 Å². The van der Waals surface area contributed by atoms with Crippen LogP contribution in [0.15, 0.2) is 0 Å². The molecule has 1 N–H and O–H groups in total. The lowest BCUT2D eigenvalue weighted by Gasteiger charge is -2.28. The second-order valence-corrected chi connectivity index (χ2v) is 5.68. The summed E-state index contributed by atoms with van der Waals surface area (Å²) >= 11 is 4.07. The van der Waals surface area contributed by atoms with Crippen LogP contribution in [0.3, 0.4) is 0 Å². The van der Waals surface area contributed by atoms with E-state index in [1.165, 1.54) is 0 Å². The van der Waals surface area contributed by atoms with Crippen LogP contribution >= 0.6 is 12.6 Å². The summed E-state index contributed by atoms with van der Waals surface area (Å²) in [6.45, 7) is 2.28. The van der Waals surface area contributed by atoms with Gasteiger partial charge < -0.3 is 14.3 Å². The monoisotopic (exact) mass is 264 g/mol. The van der Waals surface area contributed by atoms with Crippen LogP contribution in [-0.2, 0) is 14.3 Å². The Morgan fingerprint density at radius 3 is 2.24 bits per heavy atom. The number of thiol groups is 1. The Balaban J connectivity index is 4.48. The molecule has 5 nitrogen and oxygen atoms in total. The molecule has 0 saturated carbocycles. The summed E-state index contributed by atoms with van der Waals surface area (Å²) in [6.07, 6.45) is -0.224. The summed E-state index contributed by atoms with van der Waals surface area (Å²) in [5.41, 5.74) is 0. The number of quaternary nitrogens is 1. The van der Waals surface area contributed by atoms with E-state index in [0.29, 0.717) is 17.4 Å². The summed E-state index contributed by atoms with van der Waals surface area (Å²) in [4.78, 5) is 22.3. The van der Waals surface area contributed by atoms with E-state index in [1.54, 1.807) is 0 Å². The van der Waals surface area contributed by atoms with Crippen LogP contribution in [0.2, 0.25) is 0 Å². The maximum absolute atomic E-state index is 11.6. The molecule has 0 aliphatic rings. The second-order valence-electron chi connectivity index (χ2n) is 5.05. The molecule has 0 aromatic heterocycles. The van der Waals surface area contributed by atoms with E-state index in [4.69, 9.17) is 9.84 Å². The van der Waals surface area contributed by atoms with Crippen LogP contribution < -0.4 is 0 Å². The number of carbonyl (C=O) groups is 2. The van der Waals surface area contributed by atoms with Gasteiger partial charge in [0.15, 0.2) is 6.10 Å². The molecule has 0 amide bonds. The minimum Gasteiger partial charge on any atom is -0.481 e. The fraction of sp³-hybridized carbons (Fsp3) is 0.818. The molecule has 100 valence electrons. The number of esters is 1. The minimum atomic E-state index is -0.969. The Labute approximate surface area is 108 Å². The molecular formula is C11H22NO4S+. The highest BCUT2D eigenvalue weighted by molar-refractivity contribution is 7.81. The standard InChI is InChI=1S/C11H21NO4S/c1-5-9(17)11(15)16-8(6-10(13)14)7-12(2,3)4/h8-9H,5-7H2,1-4H3,(H-,13,14,17)/p+1. The summed E-state index contributed by atoms with van der Waals surface area (Å²) in [7, 11) is 5.75. The molecule has 6 heteroatoms. The van der Waals surface area contributed by atoms with Gasteiger partial charge >= 0.3 is 11.9 Å². The fourth-order valence-corrected chi connectivity index (χ4v) is 1.42. The second kappa shape index (κ2) is 6.86. The average molecular weight is 264 g/mol. The Morgan fingerprint density at radius 2 is 1.88 bits per heavy atom. The van der Waals surface area contributed by atoms with Crippen molar-refractivity contribution in [3.05, 3.63) is 0 Å². The number of hydrogen-bond donors (Lipinski definition) is 2. The summed E-state index contributed by atoms with van der Waals surface area (Å²) in [6, 6.07) is 0. The van der Waals surface area contributed by atoms with Crippen molar-refractivity contribution in [2.24, 2.45) is 0 Å². The van der Waals surface area contributed by atoms with E-state index in [2.05, 4.69) is 12.6 Å². The van der Waals surface area contributed by atoms with Gasteiger partial charge in [-0.25, -0.2) is 0 Å². The number of hydrogen-bond acceptors (Lipinski definition) is 4. The van der Waals surface area contributed by atoms with E-state index in [0.717, 1.165) is 0 Å². The first kappa shape index (κ1) is 16.2. The van der Waals surface area contributed by atoms with Crippen LogP contribution in [0.25, 0.3) is 0 Å². The Hall–Kier alpha value is -0.750. The van der Waals surface area contributed by atoms with Gasteiger partial charge in [-0.2, -0.15) is 12.6 Å². The molecule has 0 aliphatic heterocycles. The first-order chi connectivity index (χ1) is 7.65. The van der Waals surface area contributed by atoms with E-state index in [9.17, 15) is 9.59 Å². The molecule has 0 spiro atoms. The van der Waals surface area contributed by atoms with Crippen molar-refractivity contribution in [3.63, 3.8) is 0 Å². The molecular weight excluding hydrogens is 242 g/mol. The van der Waals surface area contributed by atoms with Gasteiger partial charge in [-0.3, -0.25) is 9.59 Å². The van der Waals surface area contributed by atoms with Crippen molar-refractivity contribution in [2.45, 2.75) is 31.1 Å². The predicted octanol–water partition coefficient (Wildman–Crippen LogP) is 0.788. The van der Waals surface area contributed by atoms with Gasteiger partial charge in [0.1, 0.15) is 6.54 Å². The third-order valence-electron chi connectivity index (χ3n) is 2.10. The quantitative estimate of drug-likeness (QED) is 0.405. The molecule has 2 atom stereocenters. The number of carboxylic acid groups (broad SMARTS) is 1. The zero-order chi connectivity index (χ0) is 13.6. The molecule has 0 rings (SSSR count). The first-order valence-corrected chi connectivity index (χ1v) is 6.08. The SMILES string of the molecule is CCC(S)C(=O)OC(CC(=O)O)C[N+](C)(C)C. The summed E-state index contributed by atoms with van der Waals surface area (Å²) < 4.78 is 5.71. The van der Waals surface area contributed by atoms with Gasteiger partial charge in [-0.05, 0) is 6.42 Å². The zero-order valence-corrected chi connectivity index (χ0v) is 11.7. The van der Waals surface area contributed by atoms with Gasteiger partial charge in [0, 0.05) is 0 Å². The number of rotatable bonds is 7. The van der Waals surface area contributed by atoms with Gasteiger partial charge in [0.2, 0.25) is 0 Å². The average Bonchev–Trinajstić information content (AvgIpc) is 2.12. The van der Waals surface area contributed by atoms with Gasteiger partial charge in [0.25, 0.3) is 0 Å². The normalized spacial score (nSPS) is 15.1. The fourth-order valence-electron chi connectivity index (χ4n) is 1.36. The lowest BCUT2D eigenvalue weighted by molar-refractivity contribution is -0.873. The largest absolute Gasteiger partial charge is 0.481 e.